The van der Waals surface area contributed by atoms with Crippen LogP contribution < -0.4 is 0 Å². The van der Waals surface area contributed by atoms with Crippen LogP contribution in [0.25, 0.3) is 0 Å². The van der Waals surface area contributed by atoms with Crippen molar-refractivity contribution in [3.63, 3.8) is 0 Å². The average molecular weight is 188 g/mol. The van der Waals surface area contributed by atoms with Crippen LogP contribution in [0.4, 0.5) is 0 Å². The standard InChI is InChI=1S/C8H14O3.C2H6/c1-5-7-6(4-9-5)10-8(2,3)11-7;1-2/h5-7H,4H2,1-3H3;1-2H3/t5-,6+,7-;/m1./s1. The number of ether oxygens (including phenoxy) is 3. The summed E-state index contributed by atoms with van der Waals surface area (Å²) in [7, 11) is 0. The Bertz CT molecular complexity index is 168. The Kier molecular flexibility index (Phi) is 3.33. The highest BCUT2D eigenvalue weighted by molar-refractivity contribution is 4.89. The van der Waals surface area contributed by atoms with Crippen LogP contribution in [-0.4, -0.2) is 30.7 Å². The summed E-state index contributed by atoms with van der Waals surface area (Å²) in [5.41, 5.74) is 0. The maximum Gasteiger partial charge on any atom is 0.164 e. The first-order valence-electron chi connectivity index (χ1n) is 5.06. The number of hydrogen-bond donors (Lipinski definition) is 0. The monoisotopic (exact) mass is 188 g/mol. The molecular formula is C10H20O3. The zero-order valence-corrected chi connectivity index (χ0v) is 9.16. The summed E-state index contributed by atoms with van der Waals surface area (Å²) in [4.78, 5) is 0. The van der Waals surface area contributed by atoms with E-state index in [1.807, 2.05) is 34.6 Å². The van der Waals surface area contributed by atoms with Crippen LogP contribution >= 0.6 is 0 Å². The SMILES string of the molecule is CC.C[C@H]1OC[C@@H]2OC(C)(C)O[C@@H]21. The van der Waals surface area contributed by atoms with E-state index in [0.29, 0.717) is 6.61 Å². The third kappa shape index (κ3) is 2.22. The lowest BCUT2D eigenvalue weighted by molar-refractivity contribution is -0.173. The molecule has 3 atom stereocenters. The van der Waals surface area contributed by atoms with Crippen molar-refractivity contribution in [3.05, 3.63) is 0 Å². The maximum atomic E-state index is 5.64. The van der Waals surface area contributed by atoms with Crippen molar-refractivity contribution in [2.75, 3.05) is 6.61 Å². The second kappa shape index (κ2) is 3.95. The van der Waals surface area contributed by atoms with Gasteiger partial charge in [-0.1, -0.05) is 13.8 Å². The lowest BCUT2D eigenvalue weighted by atomic mass is 10.2. The fraction of sp³-hybridized carbons (Fsp3) is 1.00. The first kappa shape index (κ1) is 11.0. The highest BCUT2D eigenvalue weighted by Crippen LogP contribution is 2.34. The van der Waals surface area contributed by atoms with Crippen molar-refractivity contribution in [3.8, 4) is 0 Å². The highest BCUT2D eigenvalue weighted by Gasteiger charge is 2.48. The summed E-state index contributed by atoms with van der Waals surface area (Å²) in [6.45, 7) is 10.6. The molecule has 0 amide bonds. The molecule has 2 aliphatic heterocycles. The molecule has 3 nitrogen and oxygen atoms in total. The van der Waals surface area contributed by atoms with E-state index in [-0.39, 0.29) is 18.3 Å². The topological polar surface area (TPSA) is 27.7 Å². The quantitative estimate of drug-likeness (QED) is 0.581. The molecule has 3 heteroatoms. The molecule has 78 valence electrons. The average Bonchev–Trinajstić information content (AvgIpc) is 2.54. The van der Waals surface area contributed by atoms with E-state index in [9.17, 15) is 0 Å². The fourth-order valence-corrected chi connectivity index (χ4v) is 1.73. The van der Waals surface area contributed by atoms with Crippen LogP contribution in [-0.2, 0) is 14.2 Å². The van der Waals surface area contributed by atoms with E-state index in [1.165, 1.54) is 0 Å². The largest absolute Gasteiger partial charge is 0.373 e. The molecule has 0 spiro atoms. The molecule has 0 bridgehead atoms. The summed E-state index contributed by atoms with van der Waals surface area (Å²) < 4.78 is 16.6. The predicted molar refractivity (Wildman–Crippen MR) is 50.6 cm³/mol. The molecule has 0 aromatic carbocycles. The van der Waals surface area contributed by atoms with Crippen LogP contribution in [0.1, 0.15) is 34.6 Å². The highest BCUT2D eigenvalue weighted by atomic mass is 16.8. The van der Waals surface area contributed by atoms with Gasteiger partial charge in [-0.05, 0) is 20.8 Å². The zero-order valence-electron chi connectivity index (χ0n) is 9.16. The number of hydrogen-bond acceptors (Lipinski definition) is 3. The summed E-state index contributed by atoms with van der Waals surface area (Å²) >= 11 is 0. The molecule has 13 heavy (non-hydrogen) atoms. The first-order chi connectivity index (χ1) is 6.08. The Labute approximate surface area is 80.4 Å². The smallest absolute Gasteiger partial charge is 0.164 e. The third-order valence-electron chi connectivity index (χ3n) is 2.21. The summed E-state index contributed by atoms with van der Waals surface area (Å²) in [6, 6.07) is 0. The van der Waals surface area contributed by atoms with Crippen molar-refractivity contribution in [1.29, 1.82) is 0 Å². The zero-order chi connectivity index (χ0) is 10.1. The normalized spacial score (nSPS) is 40.8. The van der Waals surface area contributed by atoms with E-state index in [0.717, 1.165) is 0 Å². The molecule has 0 saturated carbocycles. The maximum absolute atomic E-state index is 5.64. The Morgan fingerprint density at radius 1 is 1.15 bits per heavy atom. The van der Waals surface area contributed by atoms with E-state index in [2.05, 4.69) is 0 Å². The predicted octanol–water partition coefficient (Wildman–Crippen LogP) is 1.95. The second-order valence-corrected chi connectivity index (χ2v) is 3.68. The number of fused-ring (bicyclic) bond motifs is 1. The van der Waals surface area contributed by atoms with Crippen LogP contribution in [0.2, 0.25) is 0 Å². The van der Waals surface area contributed by atoms with Gasteiger partial charge in [-0.25, -0.2) is 0 Å². The lowest BCUT2D eigenvalue weighted by Crippen LogP contribution is -2.27. The van der Waals surface area contributed by atoms with Crippen molar-refractivity contribution in [1.82, 2.24) is 0 Å². The molecule has 0 aliphatic carbocycles. The Morgan fingerprint density at radius 2 is 1.77 bits per heavy atom. The molecule has 2 aliphatic rings. The molecule has 2 saturated heterocycles. The van der Waals surface area contributed by atoms with E-state index in [4.69, 9.17) is 14.2 Å². The van der Waals surface area contributed by atoms with Crippen LogP contribution in [0.15, 0.2) is 0 Å². The first-order valence-corrected chi connectivity index (χ1v) is 5.06. The van der Waals surface area contributed by atoms with Crippen LogP contribution in [0, 0.1) is 0 Å². The molecule has 0 aromatic rings. The van der Waals surface area contributed by atoms with Crippen LogP contribution in [0.5, 0.6) is 0 Å². The van der Waals surface area contributed by atoms with Crippen molar-refractivity contribution >= 4 is 0 Å². The van der Waals surface area contributed by atoms with E-state index >= 15 is 0 Å². The molecule has 0 aromatic heterocycles. The van der Waals surface area contributed by atoms with Gasteiger partial charge in [0.1, 0.15) is 12.2 Å². The molecule has 2 rings (SSSR count). The van der Waals surface area contributed by atoms with Gasteiger partial charge in [0.15, 0.2) is 5.79 Å². The van der Waals surface area contributed by atoms with Gasteiger partial charge in [-0.3, -0.25) is 0 Å². The minimum Gasteiger partial charge on any atom is -0.373 e. The van der Waals surface area contributed by atoms with Crippen molar-refractivity contribution in [2.45, 2.75) is 58.7 Å². The summed E-state index contributed by atoms with van der Waals surface area (Å²) in [5.74, 6) is -0.409. The van der Waals surface area contributed by atoms with Gasteiger partial charge in [0.25, 0.3) is 0 Å². The van der Waals surface area contributed by atoms with Gasteiger partial charge in [0.2, 0.25) is 0 Å². The minimum absolute atomic E-state index is 0.144. The van der Waals surface area contributed by atoms with Gasteiger partial charge < -0.3 is 14.2 Å². The van der Waals surface area contributed by atoms with E-state index in [1.54, 1.807) is 0 Å². The lowest BCUT2D eigenvalue weighted by Gasteiger charge is -2.19. The third-order valence-corrected chi connectivity index (χ3v) is 2.21. The molecule has 0 unspecified atom stereocenters. The van der Waals surface area contributed by atoms with Gasteiger partial charge in [-0.2, -0.15) is 0 Å². The Balaban J connectivity index is 0.000000396. The summed E-state index contributed by atoms with van der Waals surface area (Å²) in [6.07, 6.45) is 0.478. The molecule has 2 heterocycles. The van der Waals surface area contributed by atoms with Crippen molar-refractivity contribution in [2.24, 2.45) is 0 Å². The fourth-order valence-electron chi connectivity index (χ4n) is 1.73. The Hall–Kier alpha value is -0.120. The molecule has 0 N–H and O–H groups in total. The second-order valence-electron chi connectivity index (χ2n) is 3.68. The minimum atomic E-state index is -0.409. The van der Waals surface area contributed by atoms with Crippen molar-refractivity contribution < 1.29 is 14.2 Å². The summed E-state index contributed by atoms with van der Waals surface area (Å²) in [5, 5.41) is 0. The van der Waals surface area contributed by atoms with Gasteiger partial charge in [-0.15, -0.1) is 0 Å². The molecular weight excluding hydrogens is 168 g/mol. The molecule has 0 radical (unpaired) electrons. The van der Waals surface area contributed by atoms with Gasteiger partial charge in [0.05, 0.1) is 12.7 Å². The molecule has 2 fully saturated rings. The number of rotatable bonds is 0. The van der Waals surface area contributed by atoms with E-state index < -0.39 is 5.79 Å². The van der Waals surface area contributed by atoms with Crippen LogP contribution in [0.3, 0.4) is 0 Å². The Morgan fingerprint density at radius 3 is 2.31 bits per heavy atom. The van der Waals surface area contributed by atoms with Gasteiger partial charge >= 0.3 is 0 Å². The van der Waals surface area contributed by atoms with Gasteiger partial charge in [0, 0.05) is 0 Å².